The van der Waals surface area contributed by atoms with Gasteiger partial charge in [0.2, 0.25) is 0 Å². The molecule has 1 saturated carbocycles. The van der Waals surface area contributed by atoms with Gasteiger partial charge in [0.05, 0.1) is 37.6 Å². The molecule has 2 N–H and O–H groups in total. The Bertz CT molecular complexity index is 1210. The van der Waals surface area contributed by atoms with Crippen LogP contribution in [0.3, 0.4) is 0 Å². The van der Waals surface area contributed by atoms with Crippen LogP contribution in [0.15, 0.2) is 48.5 Å². The number of methoxy groups -OCH3 is 2. The Morgan fingerprint density at radius 2 is 1.56 bits per heavy atom. The van der Waals surface area contributed by atoms with Crippen LogP contribution in [-0.4, -0.2) is 47.0 Å². The van der Waals surface area contributed by atoms with Gasteiger partial charge in [-0.15, -0.1) is 0 Å². The molecule has 41 heavy (non-hydrogen) atoms. The molecule has 1 fully saturated rings. The second-order valence-corrected chi connectivity index (χ2v) is 9.98. The van der Waals surface area contributed by atoms with Crippen LogP contribution in [-0.2, 0) is 4.79 Å². The summed E-state index contributed by atoms with van der Waals surface area (Å²) < 4.78 is 12.9. The Balaban J connectivity index is 0.00000110. The van der Waals surface area contributed by atoms with Gasteiger partial charge in [0.1, 0.15) is 11.5 Å². The van der Waals surface area contributed by atoms with E-state index in [1.165, 1.54) is 6.42 Å². The SMILES string of the molecule is CC.CCC.COc1cccc(OC)c1-c1cc(C(=O)NC(CC(=O)O)C2CCCCC2)nn1-c1ccc(C)cc1. The van der Waals surface area contributed by atoms with Crippen molar-refractivity contribution >= 4 is 11.9 Å². The number of rotatable bonds is 9. The lowest BCUT2D eigenvalue weighted by Gasteiger charge is -2.29. The highest BCUT2D eigenvalue weighted by Crippen LogP contribution is 2.39. The molecule has 1 atom stereocenters. The molecule has 8 nitrogen and oxygen atoms in total. The van der Waals surface area contributed by atoms with Gasteiger partial charge in [-0.1, -0.05) is 77.1 Å². The van der Waals surface area contributed by atoms with E-state index in [-0.39, 0.29) is 18.0 Å². The number of nitrogens with zero attached hydrogens (tertiary/aromatic N) is 2. The predicted octanol–water partition coefficient (Wildman–Crippen LogP) is 7.46. The van der Waals surface area contributed by atoms with Crippen LogP contribution in [0.25, 0.3) is 16.9 Å². The van der Waals surface area contributed by atoms with E-state index in [0.29, 0.717) is 22.8 Å². The van der Waals surface area contributed by atoms with E-state index >= 15 is 0 Å². The molecule has 224 valence electrons. The quantitative estimate of drug-likeness (QED) is 0.279. The Hall–Kier alpha value is -3.81. The van der Waals surface area contributed by atoms with Crippen molar-refractivity contribution in [2.75, 3.05) is 14.2 Å². The van der Waals surface area contributed by atoms with Gasteiger partial charge in [-0.2, -0.15) is 5.10 Å². The number of nitrogens with one attached hydrogen (secondary N) is 1. The van der Waals surface area contributed by atoms with E-state index in [9.17, 15) is 14.7 Å². The number of carboxylic acids is 1. The third-order valence-electron chi connectivity index (χ3n) is 6.83. The van der Waals surface area contributed by atoms with Crippen molar-refractivity contribution in [1.82, 2.24) is 15.1 Å². The van der Waals surface area contributed by atoms with Crippen LogP contribution in [0, 0.1) is 12.8 Å². The maximum Gasteiger partial charge on any atom is 0.305 e. The molecule has 4 rings (SSSR count). The van der Waals surface area contributed by atoms with Gasteiger partial charge < -0.3 is 19.9 Å². The number of carbonyl (C=O) groups is 2. The van der Waals surface area contributed by atoms with E-state index < -0.39 is 17.9 Å². The fourth-order valence-corrected chi connectivity index (χ4v) is 4.96. The summed E-state index contributed by atoms with van der Waals surface area (Å²) >= 11 is 0. The van der Waals surface area contributed by atoms with Crippen LogP contribution in [0.4, 0.5) is 0 Å². The van der Waals surface area contributed by atoms with Crippen LogP contribution < -0.4 is 14.8 Å². The molecule has 1 aliphatic carbocycles. The number of amides is 1. The molecule has 0 radical (unpaired) electrons. The first-order valence-corrected chi connectivity index (χ1v) is 14.7. The Kier molecular flexibility index (Phi) is 13.9. The molecular weight excluding hydrogens is 518 g/mol. The second-order valence-electron chi connectivity index (χ2n) is 9.98. The number of hydrogen-bond acceptors (Lipinski definition) is 5. The fraction of sp³-hybridized carbons (Fsp3) is 0.485. The van der Waals surface area contributed by atoms with Gasteiger partial charge in [-0.3, -0.25) is 9.59 Å². The zero-order valence-corrected chi connectivity index (χ0v) is 25.7. The van der Waals surface area contributed by atoms with E-state index in [1.54, 1.807) is 25.0 Å². The first-order chi connectivity index (χ1) is 19.8. The van der Waals surface area contributed by atoms with Crippen LogP contribution in [0.1, 0.15) is 88.7 Å². The first kappa shape index (κ1) is 33.4. The van der Waals surface area contributed by atoms with Gasteiger partial charge in [-0.25, -0.2) is 4.68 Å². The second kappa shape index (κ2) is 17.1. The lowest BCUT2D eigenvalue weighted by Crippen LogP contribution is -2.42. The standard InChI is InChI=1S/C28H33N3O5.C3H8.C2H6/c1-18-12-14-20(15-13-18)31-23(27-24(35-2)10-7-11-25(27)36-3)16-22(30-31)28(34)29-21(17-26(32)33)19-8-5-4-6-9-19;1-3-2;1-2/h7,10-16,19,21H,4-6,8-9,17H2,1-3H3,(H,29,34)(H,32,33);3H2,1-2H3;1-2H3. The molecule has 0 saturated heterocycles. The van der Waals surface area contributed by atoms with Gasteiger partial charge in [0.25, 0.3) is 5.91 Å². The zero-order chi connectivity index (χ0) is 30.4. The van der Waals surface area contributed by atoms with Crippen molar-refractivity contribution in [3.05, 3.63) is 59.8 Å². The van der Waals surface area contributed by atoms with Gasteiger partial charge in [0.15, 0.2) is 5.69 Å². The highest BCUT2D eigenvalue weighted by Gasteiger charge is 2.29. The summed E-state index contributed by atoms with van der Waals surface area (Å²) in [7, 11) is 3.16. The molecule has 1 aliphatic rings. The summed E-state index contributed by atoms with van der Waals surface area (Å²) in [6.45, 7) is 10.3. The largest absolute Gasteiger partial charge is 0.496 e. The minimum atomic E-state index is -0.921. The minimum absolute atomic E-state index is 0.109. The van der Waals surface area contributed by atoms with Crippen molar-refractivity contribution in [2.45, 2.75) is 85.6 Å². The number of ether oxygens (including phenoxy) is 2. The topological polar surface area (TPSA) is 103 Å². The van der Waals surface area contributed by atoms with Gasteiger partial charge >= 0.3 is 5.97 Å². The summed E-state index contributed by atoms with van der Waals surface area (Å²) in [6, 6.07) is 14.6. The summed E-state index contributed by atoms with van der Waals surface area (Å²) in [5.41, 5.74) is 3.38. The molecule has 1 heterocycles. The summed E-state index contributed by atoms with van der Waals surface area (Å²) in [5, 5.41) is 17.1. The highest BCUT2D eigenvalue weighted by molar-refractivity contribution is 5.94. The minimum Gasteiger partial charge on any atom is -0.496 e. The molecular formula is C33H47N3O5. The normalized spacial score (nSPS) is 13.5. The van der Waals surface area contributed by atoms with E-state index in [0.717, 1.165) is 43.4 Å². The average molecular weight is 566 g/mol. The highest BCUT2D eigenvalue weighted by atomic mass is 16.5. The Morgan fingerprint density at radius 1 is 1.00 bits per heavy atom. The third-order valence-corrected chi connectivity index (χ3v) is 6.83. The van der Waals surface area contributed by atoms with Crippen LogP contribution in [0.2, 0.25) is 0 Å². The molecule has 0 aliphatic heterocycles. The van der Waals surface area contributed by atoms with Crippen LogP contribution >= 0.6 is 0 Å². The number of aliphatic carboxylic acids is 1. The molecule has 3 aromatic rings. The molecule has 0 spiro atoms. The zero-order valence-electron chi connectivity index (χ0n) is 25.7. The summed E-state index contributed by atoms with van der Waals surface area (Å²) in [4.78, 5) is 25.0. The number of aromatic nitrogens is 2. The maximum atomic E-state index is 13.4. The smallest absolute Gasteiger partial charge is 0.305 e. The number of aryl methyl sites for hydroxylation is 1. The van der Waals surface area contributed by atoms with Crippen molar-refractivity contribution < 1.29 is 24.2 Å². The Labute approximate surface area is 245 Å². The van der Waals surface area contributed by atoms with Crippen LogP contribution in [0.5, 0.6) is 11.5 Å². The van der Waals surface area contributed by atoms with Crippen molar-refractivity contribution in [3.63, 3.8) is 0 Å². The monoisotopic (exact) mass is 565 g/mol. The number of benzene rings is 2. The lowest BCUT2D eigenvalue weighted by atomic mass is 9.82. The first-order valence-electron chi connectivity index (χ1n) is 14.7. The number of hydrogen-bond donors (Lipinski definition) is 2. The molecule has 1 amide bonds. The van der Waals surface area contributed by atoms with Crippen molar-refractivity contribution in [2.24, 2.45) is 5.92 Å². The lowest BCUT2D eigenvalue weighted by molar-refractivity contribution is -0.137. The maximum absolute atomic E-state index is 13.4. The van der Waals surface area contributed by atoms with Crippen molar-refractivity contribution in [1.29, 1.82) is 0 Å². The number of carboxylic acid groups (broad SMARTS) is 1. The third kappa shape index (κ3) is 9.10. The van der Waals surface area contributed by atoms with E-state index in [1.807, 2.05) is 63.2 Å². The summed E-state index contributed by atoms with van der Waals surface area (Å²) in [6.07, 6.45) is 6.23. The molecule has 8 heteroatoms. The molecule has 1 unspecified atom stereocenters. The predicted molar refractivity (Wildman–Crippen MR) is 164 cm³/mol. The summed E-state index contributed by atoms with van der Waals surface area (Å²) in [5.74, 6) is -0.00358. The molecule has 1 aromatic heterocycles. The van der Waals surface area contributed by atoms with Crippen molar-refractivity contribution in [3.8, 4) is 28.4 Å². The Morgan fingerprint density at radius 3 is 2.07 bits per heavy atom. The van der Waals surface area contributed by atoms with Gasteiger partial charge in [0, 0.05) is 6.04 Å². The fourth-order valence-electron chi connectivity index (χ4n) is 4.96. The number of carbonyl (C=O) groups excluding carboxylic acids is 1. The van der Waals surface area contributed by atoms with E-state index in [2.05, 4.69) is 24.3 Å². The van der Waals surface area contributed by atoms with Gasteiger partial charge in [-0.05, 0) is 56.0 Å². The molecule has 2 aromatic carbocycles. The average Bonchev–Trinajstić information content (AvgIpc) is 3.43. The van der Waals surface area contributed by atoms with E-state index in [4.69, 9.17) is 9.47 Å². The molecule has 0 bridgehead atoms.